The predicted molar refractivity (Wildman–Crippen MR) is 87.9 cm³/mol. The fraction of sp³-hybridized carbons (Fsp3) is 0.333. The molecule has 1 unspecified atom stereocenters. The van der Waals surface area contributed by atoms with E-state index >= 15 is 0 Å². The zero-order chi connectivity index (χ0) is 15.6. The fourth-order valence-corrected chi connectivity index (χ4v) is 2.56. The Balaban J connectivity index is 2.30. The minimum Gasteiger partial charge on any atom is -0.384 e. The van der Waals surface area contributed by atoms with Gasteiger partial charge in [-0.25, -0.2) is 4.39 Å². The second-order valence-corrected chi connectivity index (χ2v) is 6.84. The fourth-order valence-electron chi connectivity index (χ4n) is 2.22. The van der Waals surface area contributed by atoms with Gasteiger partial charge in [0.25, 0.3) is 0 Å². The third-order valence-electron chi connectivity index (χ3n) is 4.15. The molecular weight excluding hydrogens is 331 g/mol. The van der Waals surface area contributed by atoms with Crippen molar-refractivity contribution in [3.05, 3.63) is 69.4 Å². The summed E-state index contributed by atoms with van der Waals surface area (Å²) in [5, 5.41) is 10.4. The summed E-state index contributed by atoms with van der Waals surface area (Å²) < 4.78 is 14.6. The second kappa shape index (κ2) is 6.29. The predicted octanol–water partition coefficient (Wildman–Crippen LogP) is 5.36. The minimum absolute atomic E-state index is 0.104. The average Bonchev–Trinajstić information content (AvgIpc) is 2.47. The summed E-state index contributed by atoms with van der Waals surface area (Å²) >= 11 is 3.22. The molecule has 0 aromatic heterocycles. The van der Waals surface area contributed by atoms with E-state index in [4.69, 9.17) is 0 Å². The Labute approximate surface area is 134 Å². The molecule has 0 aliphatic heterocycles. The molecule has 1 atom stereocenters. The molecular formula is C18H20BrFO. The highest BCUT2D eigenvalue weighted by molar-refractivity contribution is 9.10. The highest BCUT2D eigenvalue weighted by Crippen LogP contribution is 2.30. The Hall–Kier alpha value is -1.19. The van der Waals surface area contributed by atoms with Gasteiger partial charge in [-0.3, -0.25) is 0 Å². The van der Waals surface area contributed by atoms with Crippen molar-refractivity contribution in [2.45, 2.75) is 38.7 Å². The van der Waals surface area contributed by atoms with Gasteiger partial charge in [-0.2, -0.15) is 0 Å². The van der Waals surface area contributed by atoms with Crippen molar-refractivity contribution >= 4 is 15.9 Å². The largest absolute Gasteiger partial charge is 0.384 e. The van der Waals surface area contributed by atoms with Gasteiger partial charge in [0, 0.05) is 10.0 Å². The quantitative estimate of drug-likeness (QED) is 0.786. The Morgan fingerprint density at radius 1 is 1.14 bits per heavy atom. The lowest BCUT2D eigenvalue weighted by Gasteiger charge is -2.24. The van der Waals surface area contributed by atoms with Crippen LogP contribution in [-0.2, 0) is 5.41 Å². The molecule has 0 bridgehead atoms. The lowest BCUT2D eigenvalue weighted by molar-refractivity contribution is 0.215. The van der Waals surface area contributed by atoms with Crippen LogP contribution in [0.15, 0.2) is 46.9 Å². The monoisotopic (exact) mass is 350 g/mol. The Morgan fingerprint density at radius 2 is 1.76 bits per heavy atom. The normalized spacial score (nSPS) is 13.2. The molecule has 0 aliphatic carbocycles. The van der Waals surface area contributed by atoms with Gasteiger partial charge in [-0.1, -0.05) is 67.0 Å². The van der Waals surface area contributed by atoms with E-state index in [0.29, 0.717) is 15.6 Å². The molecule has 2 aromatic carbocycles. The summed E-state index contributed by atoms with van der Waals surface area (Å²) in [4.78, 5) is 0. The molecule has 1 nitrogen and oxygen atoms in total. The van der Waals surface area contributed by atoms with Gasteiger partial charge in [0.05, 0.1) is 0 Å². The van der Waals surface area contributed by atoms with Gasteiger partial charge < -0.3 is 5.11 Å². The number of aliphatic hydroxyl groups excluding tert-OH is 1. The smallest absolute Gasteiger partial charge is 0.130 e. The molecule has 2 rings (SSSR count). The summed E-state index contributed by atoms with van der Waals surface area (Å²) in [7, 11) is 0. The van der Waals surface area contributed by atoms with E-state index in [9.17, 15) is 9.50 Å². The van der Waals surface area contributed by atoms with Crippen LogP contribution in [0.25, 0.3) is 0 Å². The van der Waals surface area contributed by atoms with E-state index in [1.165, 1.54) is 11.6 Å². The number of rotatable bonds is 4. The lowest BCUT2D eigenvalue weighted by atomic mass is 9.81. The van der Waals surface area contributed by atoms with Gasteiger partial charge in [-0.15, -0.1) is 0 Å². The number of benzene rings is 2. The first-order valence-electron chi connectivity index (χ1n) is 7.08. The molecule has 0 amide bonds. The molecule has 0 radical (unpaired) electrons. The topological polar surface area (TPSA) is 20.2 Å². The Kier molecular flexibility index (Phi) is 4.84. The number of hydrogen-bond donors (Lipinski definition) is 1. The van der Waals surface area contributed by atoms with Crippen molar-refractivity contribution in [1.82, 2.24) is 0 Å². The molecule has 1 N–H and O–H groups in total. The van der Waals surface area contributed by atoms with E-state index in [1.54, 1.807) is 12.1 Å². The van der Waals surface area contributed by atoms with Crippen molar-refractivity contribution < 1.29 is 9.50 Å². The molecule has 112 valence electrons. The highest BCUT2D eigenvalue weighted by atomic mass is 79.9. The van der Waals surface area contributed by atoms with Gasteiger partial charge in [0.1, 0.15) is 11.9 Å². The number of halogens is 2. The molecule has 0 fully saturated rings. The number of hydrogen-bond acceptors (Lipinski definition) is 1. The first-order chi connectivity index (χ1) is 9.85. The first kappa shape index (κ1) is 16.2. The first-order valence-corrected chi connectivity index (χ1v) is 7.88. The maximum atomic E-state index is 13.9. The zero-order valence-electron chi connectivity index (χ0n) is 12.5. The van der Waals surface area contributed by atoms with Crippen LogP contribution in [0.5, 0.6) is 0 Å². The van der Waals surface area contributed by atoms with Crippen LogP contribution in [0, 0.1) is 5.82 Å². The molecule has 3 heteroatoms. The summed E-state index contributed by atoms with van der Waals surface area (Å²) in [5.74, 6) is -0.408. The third kappa shape index (κ3) is 3.53. The van der Waals surface area contributed by atoms with E-state index < -0.39 is 11.9 Å². The SMILES string of the molecule is CCC(C)(C)c1ccc(C(O)c2ccc(Br)cc2F)cc1. The van der Waals surface area contributed by atoms with Gasteiger partial charge in [0.2, 0.25) is 0 Å². The van der Waals surface area contributed by atoms with E-state index in [1.807, 2.05) is 24.3 Å². The standard InChI is InChI=1S/C18H20BrFO/c1-4-18(2,3)13-7-5-12(6-8-13)17(21)15-10-9-14(19)11-16(15)20/h5-11,17,21H,4H2,1-3H3. The average molecular weight is 351 g/mol. The van der Waals surface area contributed by atoms with Crippen molar-refractivity contribution in [3.63, 3.8) is 0 Å². The molecule has 21 heavy (non-hydrogen) atoms. The molecule has 0 saturated carbocycles. The lowest BCUT2D eigenvalue weighted by Crippen LogP contribution is -2.15. The maximum Gasteiger partial charge on any atom is 0.130 e. The van der Waals surface area contributed by atoms with Crippen LogP contribution >= 0.6 is 15.9 Å². The van der Waals surface area contributed by atoms with Crippen LogP contribution in [0.4, 0.5) is 4.39 Å². The maximum absolute atomic E-state index is 13.9. The highest BCUT2D eigenvalue weighted by Gasteiger charge is 2.19. The van der Waals surface area contributed by atoms with Gasteiger partial charge in [0.15, 0.2) is 0 Å². The van der Waals surface area contributed by atoms with Crippen LogP contribution in [-0.4, -0.2) is 5.11 Å². The summed E-state index contributed by atoms with van der Waals surface area (Å²) in [5.41, 5.74) is 2.32. The van der Waals surface area contributed by atoms with Crippen LogP contribution < -0.4 is 0 Å². The van der Waals surface area contributed by atoms with Gasteiger partial charge in [-0.05, 0) is 35.1 Å². The molecule has 0 heterocycles. The molecule has 2 aromatic rings. The van der Waals surface area contributed by atoms with E-state index in [-0.39, 0.29) is 5.41 Å². The third-order valence-corrected chi connectivity index (χ3v) is 4.64. The molecule has 0 aliphatic rings. The van der Waals surface area contributed by atoms with Crippen LogP contribution in [0.2, 0.25) is 0 Å². The van der Waals surface area contributed by atoms with Crippen molar-refractivity contribution in [1.29, 1.82) is 0 Å². The Morgan fingerprint density at radius 3 is 2.29 bits per heavy atom. The van der Waals surface area contributed by atoms with Crippen molar-refractivity contribution in [2.24, 2.45) is 0 Å². The Bertz CT molecular complexity index is 620. The van der Waals surface area contributed by atoms with Crippen molar-refractivity contribution in [2.75, 3.05) is 0 Å². The van der Waals surface area contributed by atoms with Crippen LogP contribution in [0.3, 0.4) is 0 Å². The van der Waals surface area contributed by atoms with Crippen molar-refractivity contribution in [3.8, 4) is 0 Å². The molecule has 0 spiro atoms. The van der Waals surface area contributed by atoms with E-state index in [2.05, 4.69) is 36.7 Å². The molecule has 0 saturated heterocycles. The summed E-state index contributed by atoms with van der Waals surface area (Å²) in [6, 6.07) is 12.5. The summed E-state index contributed by atoms with van der Waals surface area (Å²) in [6.45, 7) is 6.53. The van der Waals surface area contributed by atoms with Gasteiger partial charge >= 0.3 is 0 Å². The van der Waals surface area contributed by atoms with E-state index in [0.717, 1.165) is 6.42 Å². The number of aliphatic hydroxyl groups is 1. The summed E-state index contributed by atoms with van der Waals surface area (Å²) in [6.07, 6.45) is 0.0906. The second-order valence-electron chi connectivity index (χ2n) is 5.93. The van der Waals surface area contributed by atoms with Crippen LogP contribution in [0.1, 0.15) is 50.0 Å². The minimum atomic E-state index is -0.947. The zero-order valence-corrected chi connectivity index (χ0v) is 14.1.